The maximum atomic E-state index is 13.2. The van der Waals surface area contributed by atoms with Crippen molar-refractivity contribution < 1.29 is 14.3 Å². The summed E-state index contributed by atoms with van der Waals surface area (Å²) in [7, 11) is 3.21. The van der Waals surface area contributed by atoms with E-state index in [-0.39, 0.29) is 11.3 Å². The molecule has 31 heavy (non-hydrogen) atoms. The zero-order valence-electron chi connectivity index (χ0n) is 18.8. The van der Waals surface area contributed by atoms with Gasteiger partial charge in [0.15, 0.2) is 5.11 Å². The molecule has 2 heterocycles. The molecule has 6 nitrogen and oxygen atoms in total. The number of methoxy groups -OCH3 is 2. The van der Waals surface area contributed by atoms with Gasteiger partial charge in [-0.1, -0.05) is 19.3 Å². The largest absolute Gasteiger partial charge is 0.497 e. The predicted octanol–water partition coefficient (Wildman–Crippen LogP) is 3.84. The molecular formula is C24H35N3O3S. The molecule has 0 atom stereocenters. The Morgan fingerprint density at radius 1 is 1.03 bits per heavy atom. The molecule has 1 aromatic carbocycles. The molecule has 1 spiro atoms. The molecule has 1 aromatic rings. The van der Waals surface area contributed by atoms with Gasteiger partial charge in [0.2, 0.25) is 0 Å². The van der Waals surface area contributed by atoms with E-state index in [1.807, 2.05) is 11.0 Å². The Hall–Kier alpha value is -2.02. The summed E-state index contributed by atoms with van der Waals surface area (Å²) in [6.45, 7) is 3.58. The van der Waals surface area contributed by atoms with E-state index in [2.05, 4.69) is 10.2 Å². The van der Waals surface area contributed by atoms with Crippen LogP contribution in [0.15, 0.2) is 18.2 Å². The Labute approximate surface area is 191 Å². The average Bonchev–Trinajstić information content (AvgIpc) is 3.23. The minimum atomic E-state index is 0.0231. The number of nitrogens with one attached hydrogen (secondary N) is 1. The molecule has 2 aliphatic heterocycles. The normalized spacial score (nSPS) is 21.2. The fourth-order valence-electron chi connectivity index (χ4n) is 5.37. The van der Waals surface area contributed by atoms with E-state index >= 15 is 0 Å². The van der Waals surface area contributed by atoms with Crippen LogP contribution in [-0.2, 0) is 0 Å². The summed E-state index contributed by atoms with van der Waals surface area (Å²) >= 11 is 5.75. The van der Waals surface area contributed by atoms with E-state index in [4.69, 9.17) is 21.7 Å². The highest BCUT2D eigenvalue weighted by Gasteiger charge is 2.42. The second-order valence-corrected chi connectivity index (χ2v) is 9.70. The van der Waals surface area contributed by atoms with Gasteiger partial charge in [-0.3, -0.25) is 4.79 Å². The first-order valence-electron chi connectivity index (χ1n) is 11.6. The number of thiocarbonyl (C=S) groups is 1. The van der Waals surface area contributed by atoms with Crippen LogP contribution in [0.4, 0.5) is 0 Å². The van der Waals surface area contributed by atoms with Gasteiger partial charge >= 0.3 is 0 Å². The smallest absolute Gasteiger partial charge is 0.257 e. The first-order chi connectivity index (χ1) is 15.0. The second kappa shape index (κ2) is 9.63. The summed E-state index contributed by atoms with van der Waals surface area (Å²) < 4.78 is 10.7. The van der Waals surface area contributed by atoms with Crippen LogP contribution in [0.5, 0.6) is 11.5 Å². The summed E-state index contributed by atoms with van der Waals surface area (Å²) in [5, 5.41) is 4.56. The number of ether oxygens (including phenoxy) is 2. The van der Waals surface area contributed by atoms with Gasteiger partial charge in [0, 0.05) is 32.2 Å². The van der Waals surface area contributed by atoms with E-state index in [0.29, 0.717) is 23.1 Å². The summed E-state index contributed by atoms with van der Waals surface area (Å²) in [6.07, 6.45) is 9.66. The Balaban J connectivity index is 1.33. The topological polar surface area (TPSA) is 54.0 Å². The zero-order valence-corrected chi connectivity index (χ0v) is 19.6. The number of rotatable bonds is 4. The number of piperidine rings is 1. The molecular weight excluding hydrogens is 410 g/mol. The first kappa shape index (κ1) is 22.2. The Morgan fingerprint density at radius 2 is 1.71 bits per heavy atom. The van der Waals surface area contributed by atoms with Gasteiger partial charge in [-0.15, -0.1) is 0 Å². The van der Waals surface area contributed by atoms with Gasteiger partial charge in [-0.2, -0.15) is 0 Å². The lowest BCUT2D eigenvalue weighted by Crippen LogP contribution is -2.47. The maximum Gasteiger partial charge on any atom is 0.257 e. The number of likely N-dealkylation sites (tertiary alicyclic amines) is 2. The van der Waals surface area contributed by atoms with Crippen molar-refractivity contribution in [1.29, 1.82) is 0 Å². The standard InChI is InChI=1S/C24H35N3O3S/c1-29-19-8-9-21(30-2)20(16-19)22(28)26-13-10-24(11-14-26)12-15-27(17-24)23(31)25-18-6-4-3-5-7-18/h8-9,16,18H,3-7,10-15,17H2,1-2H3,(H,25,31). The lowest BCUT2D eigenvalue weighted by atomic mass is 9.77. The number of amides is 1. The molecule has 0 aromatic heterocycles. The summed E-state index contributed by atoms with van der Waals surface area (Å²) in [5.74, 6) is 1.29. The van der Waals surface area contributed by atoms with Crippen LogP contribution in [0.3, 0.4) is 0 Å². The molecule has 0 radical (unpaired) electrons. The van der Waals surface area contributed by atoms with Crippen LogP contribution in [0.2, 0.25) is 0 Å². The predicted molar refractivity (Wildman–Crippen MR) is 126 cm³/mol. The molecule has 0 unspecified atom stereocenters. The van der Waals surface area contributed by atoms with E-state index in [0.717, 1.165) is 50.6 Å². The van der Waals surface area contributed by atoms with Crippen LogP contribution in [-0.4, -0.2) is 67.3 Å². The molecule has 170 valence electrons. The maximum absolute atomic E-state index is 13.2. The van der Waals surface area contributed by atoms with Crippen molar-refractivity contribution in [3.8, 4) is 11.5 Å². The van der Waals surface area contributed by atoms with E-state index in [1.54, 1.807) is 26.4 Å². The number of nitrogens with zero attached hydrogens (tertiary/aromatic N) is 2. The van der Waals surface area contributed by atoms with Gasteiger partial charge in [0.25, 0.3) is 5.91 Å². The molecule has 1 aliphatic carbocycles. The minimum Gasteiger partial charge on any atom is -0.497 e. The number of hydrogen-bond acceptors (Lipinski definition) is 4. The van der Waals surface area contributed by atoms with Crippen molar-refractivity contribution in [2.45, 2.75) is 57.4 Å². The van der Waals surface area contributed by atoms with E-state index < -0.39 is 0 Å². The van der Waals surface area contributed by atoms with E-state index in [1.165, 1.54) is 32.1 Å². The average molecular weight is 446 g/mol. The molecule has 1 N–H and O–H groups in total. The van der Waals surface area contributed by atoms with Crippen molar-refractivity contribution in [3.05, 3.63) is 23.8 Å². The molecule has 2 saturated heterocycles. The highest BCUT2D eigenvalue weighted by atomic mass is 32.1. The quantitative estimate of drug-likeness (QED) is 0.711. The molecule has 3 aliphatic rings. The summed E-state index contributed by atoms with van der Waals surface area (Å²) in [5.41, 5.74) is 0.844. The third-order valence-electron chi connectivity index (χ3n) is 7.41. The van der Waals surface area contributed by atoms with Crippen molar-refractivity contribution >= 4 is 23.2 Å². The third kappa shape index (κ3) is 4.92. The number of hydrogen-bond donors (Lipinski definition) is 1. The zero-order chi connectivity index (χ0) is 21.8. The van der Waals surface area contributed by atoms with Gasteiger partial charge in [-0.05, 0) is 67.9 Å². The van der Waals surface area contributed by atoms with Crippen LogP contribution < -0.4 is 14.8 Å². The van der Waals surface area contributed by atoms with Crippen LogP contribution >= 0.6 is 12.2 Å². The van der Waals surface area contributed by atoms with Crippen molar-refractivity contribution in [3.63, 3.8) is 0 Å². The Morgan fingerprint density at radius 3 is 2.35 bits per heavy atom. The van der Waals surface area contributed by atoms with Crippen molar-refractivity contribution in [2.24, 2.45) is 5.41 Å². The van der Waals surface area contributed by atoms with Gasteiger partial charge < -0.3 is 24.6 Å². The highest BCUT2D eigenvalue weighted by Crippen LogP contribution is 2.41. The number of benzene rings is 1. The molecule has 7 heteroatoms. The number of carbonyl (C=O) groups excluding carboxylic acids is 1. The van der Waals surface area contributed by atoms with Crippen LogP contribution in [0.25, 0.3) is 0 Å². The SMILES string of the molecule is COc1ccc(OC)c(C(=O)N2CCC3(CC2)CCN(C(=S)NC2CCCCC2)C3)c1. The highest BCUT2D eigenvalue weighted by molar-refractivity contribution is 7.80. The van der Waals surface area contributed by atoms with Crippen LogP contribution in [0, 0.1) is 5.41 Å². The van der Waals surface area contributed by atoms with Gasteiger partial charge in [-0.25, -0.2) is 0 Å². The third-order valence-corrected chi connectivity index (χ3v) is 7.78. The Bertz CT molecular complexity index is 801. The number of carbonyl (C=O) groups is 1. The minimum absolute atomic E-state index is 0.0231. The molecule has 1 saturated carbocycles. The molecule has 0 bridgehead atoms. The lowest BCUT2D eigenvalue weighted by molar-refractivity contribution is 0.0595. The first-order valence-corrected chi connectivity index (χ1v) is 12.0. The fraction of sp³-hybridized carbons (Fsp3) is 0.667. The summed E-state index contributed by atoms with van der Waals surface area (Å²) in [6, 6.07) is 5.94. The monoisotopic (exact) mass is 445 g/mol. The lowest BCUT2D eigenvalue weighted by Gasteiger charge is -2.39. The second-order valence-electron chi connectivity index (χ2n) is 9.31. The van der Waals surface area contributed by atoms with Crippen molar-refractivity contribution in [1.82, 2.24) is 15.1 Å². The van der Waals surface area contributed by atoms with Gasteiger partial charge in [0.1, 0.15) is 11.5 Å². The fourth-order valence-corrected chi connectivity index (χ4v) is 5.69. The van der Waals surface area contributed by atoms with Crippen molar-refractivity contribution in [2.75, 3.05) is 40.4 Å². The Kier molecular flexibility index (Phi) is 6.89. The van der Waals surface area contributed by atoms with Crippen LogP contribution in [0.1, 0.15) is 61.7 Å². The van der Waals surface area contributed by atoms with E-state index in [9.17, 15) is 4.79 Å². The summed E-state index contributed by atoms with van der Waals surface area (Å²) in [4.78, 5) is 17.5. The molecule has 3 fully saturated rings. The molecule has 1 amide bonds. The molecule has 4 rings (SSSR count). The van der Waals surface area contributed by atoms with Gasteiger partial charge in [0.05, 0.1) is 19.8 Å².